The first-order valence-electron chi connectivity index (χ1n) is 7.91. The van der Waals surface area contributed by atoms with E-state index in [4.69, 9.17) is 4.74 Å². The van der Waals surface area contributed by atoms with Gasteiger partial charge in [0, 0.05) is 5.69 Å². The molecule has 124 valence electrons. The number of hydrogen-bond acceptors (Lipinski definition) is 4. The zero-order valence-corrected chi connectivity index (χ0v) is 14.8. The number of thiazole rings is 1. The summed E-state index contributed by atoms with van der Waals surface area (Å²) in [6.07, 6.45) is 0. The molecule has 0 aliphatic rings. The average molecular weight is 340 g/mol. The summed E-state index contributed by atoms with van der Waals surface area (Å²) in [4.78, 5) is 16.5. The smallest absolute Gasteiger partial charge is 0.262 e. The largest absolute Gasteiger partial charge is 0.484 e. The zero-order chi connectivity index (χ0) is 17.1. The summed E-state index contributed by atoms with van der Waals surface area (Å²) in [7, 11) is 0. The van der Waals surface area contributed by atoms with Crippen LogP contribution in [0.3, 0.4) is 0 Å². The van der Waals surface area contributed by atoms with Gasteiger partial charge in [0.1, 0.15) is 5.75 Å². The minimum Gasteiger partial charge on any atom is -0.484 e. The Kier molecular flexibility index (Phi) is 4.81. The quantitative estimate of drug-likeness (QED) is 0.729. The van der Waals surface area contributed by atoms with Crippen LogP contribution in [0.15, 0.2) is 42.5 Å². The summed E-state index contributed by atoms with van der Waals surface area (Å²) in [6, 6.07) is 13.6. The van der Waals surface area contributed by atoms with Crippen molar-refractivity contribution in [3.63, 3.8) is 0 Å². The van der Waals surface area contributed by atoms with E-state index in [1.165, 1.54) is 5.56 Å². The molecule has 0 fully saturated rings. The van der Waals surface area contributed by atoms with Crippen molar-refractivity contribution in [3.8, 4) is 5.75 Å². The molecule has 0 aliphatic carbocycles. The van der Waals surface area contributed by atoms with Gasteiger partial charge >= 0.3 is 0 Å². The first kappa shape index (κ1) is 16.5. The molecule has 0 radical (unpaired) electrons. The zero-order valence-electron chi connectivity index (χ0n) is 14.0. The number of nitrogens with one attached hydrogen (secondary N) is 1. The molecule has 0 saturated carbocycles. The number of carbonyl (C=O) groups is 1. The molecule has 1 aromatic heterocycles. The molecule has 5 heteroatoms. The Morgan fingerprint density at radius 1 is 1.21 bits per heavy atom. The number of rotatable bonds is 5. The minimum absolute atomic E-state index is 0.0131. The predicted octanol–water partition coefficient (Wildman–Crippen LogP) is 4.75. The Balaban J connectivity index is 1.58. The van der Waals surface area contributed by atoms with Gasteiger partial charge in [-0.3, -0.25) is 4.79 Å². The molecule has 0 atom stereocenters. The maximum absolute atomic E-state index is 12.1. The first-order chi connectivity index (χ1) is 11.5. The van der Waals surface area contributed by atoms with Crippen LogP contribution in [0.1, 0.15) is 30.3 Å². The van der Waals surface area contributed by atoms with E-state index in [1.54, 1.807) is 11.3 Å². The van der Waals surface area contributed by atoms with Crippen LogP contribution in [-0.4, -0.2) is 17.5 Å². The number of fused-ring (bicyclic) bond motifs is 1. The molecule has 2 aromatic carbocycles. The third kappa shape index (κ3) is 3.92. The number of carbonyl (C=O) groups excluding carboxylic acids is 1. The standard InChI is InChI=1S/C19H20N2O2S/c1-12(2)14-4-7-16(8-5-14)23-11-19(22)21-15-6-9-17-18(10-15)24-13(3)20-17/h4-10,12H,11H2,1-3H3,(H,21,22). The van der Waals surface area contributed by atoms with Gasteiger partial charge in [-0.15, -0.1) is 11.3 Å². The second-order valence-corrected chi connectivity index (χ2v) is 7.21. The van der Waals surface area contributed by atoms with Crippen LogP contribution in [-0.2, 0) is 4.79 Å². The number of hydrogen-bond donors (Lipinski definition) is 1. The number of ether oxygens (including phenoxy) is 1. The molecule has 0 aliphatic heterocycles. The Morgan fingerprint density at radius 3 is 2.67 bits per heavy atom. The van der Waals surface area contributed by atoms with Crippen molar-refractivity contribution in [1.29, 1.82) is 0 Å². The molecular formula is C19H20N2O2S. The molecule has 1 heterocycles. The van der Waals surface area contributed by atoms with Crippen LogP contribution < -0.4 is 10.1 Å². The van der Waals surface area contributed by atoms with E-state index in [0.717, 1.165) is 20.9 Å². The van der Waals surface area contributed by atoms with E-state index in [2.05, 4.69) is 24.1 Å². The summed E-state index contributed by atoms with van der Waals surface area (Å²) >= 11 is 1.61. The van der Waals surface area contributed by atoms with Gasteiger partial charge in [0.25, 0.3) is 5.91 Å². The third-order valence-corrected chi connectivity index (χ3v) is 4.63. The van der Waals surface area contributed by atoms with Gasteiger partial charge in [0.15, 0.2) is 6.61 Å². The van der Waals surface area contributed by atoms with Crippen molar-refractivity contribution in [2.24, 2.45) is 0 Å². The normalized spacial score (nSPS) is 11.0. The van der Waals surface area contributed by atoms with Crippen LogP contribution in [0.2, 0.25) is 0 Å². The van der Waals surface area contributed by atoms with Crippen molar-refractivity contribution in [2.75, 3.05) is 11.9 Å². The summed E-state index contributed by atoms with van der Waals surface area (Å²) in [5.74, 6) is 0.999. The molecule has 0 saturated heterocycles. The Bertz CT molecular complexity index is 853. The van der Waals surface area contributed by atoms with Crippen LogP contribution >= 0.6 is 11.3 Å². The highest BCUT2D eigenvalue weighted by molar-refractivity contribution is 7.18. The lowest BCUT2D eigenvalue weighted by Crippen LogP contribution is -2.20. The van der Waals surface area contributed by atoms with Crippen LogP contribution in [0.5, 0.6) is 5.75 Å². The second kappa shape index (κ2) is 7.01. The number of amides is 1. The monoisotopic (exact) mass is 340 g/mol. The van der Waals surface area contributed by atoms with Gasteiger partial charge in [-0.2, -0.15) is 0 Å². The van der Waals surface area contributed by atoms with E-state index in [0.29, 0.717) is 11.7 Å². The van der Waals surface area contributed by atoms with Crippen LogP contribution in [0, 0.1) is 6.92 Å². The summed E-state index contributed by atoms with van der Waals surface area (Å²) in [5, 5.41) is 3.87. The van der Waals surface area contributed by atoms with Gasteiger partial charge in [-0.05, 0) is 48.7 Å². The topological polar surface area (TPSA) is 51.2 Å². The lowest BCUT2D eigenvalue weighted by Gasteiger charge is -2.09. The van der Waals surface area contributed by atoms with E-state index in [9.17, 15) is 4.79 Å². The second-order valence-electron chi connectivity index (χ2n) is 5.98. The third-order valence-electron chi connectivity index (χ3n) is 3.70. The van der Waals surface area contributed by atoms with Crippen molar-refractivity contribution in [1.82, 2.24) is 4.98 Å². The molecule has 3 aromatic rings. The van der Waals surface area contributed by atoms with Crippen LogP contribution in [0.4, 0.5) is 5.69 Å². The molecule has 24 heavy (non-hydrogen) atoms. The Morgan fingerprint density at radius 2 is 1.96 bits per heavy atom. The fraction of sp³-hybridized carbons (Fsp3) is 0.263. The maximum atomic E-state index is 12.1. The lowest BCUT2D eigenvalue weighted by molar-refractivity contribution is -0.118. The van der Waals surface area contributed by atoms with Gasteiger partial charge in [-0.25, -0.2) is 4.98 Å². The summed E-state index contributed by atoms with van der Waals surface area (Å²) < 4.78 is 6.61. The molecule has 3 rings (SSSR count). The molecule has 0 bridgehead atoms. The highest BCUT2D eigenvalue weighted by Gasteiger charge is 2.07. The van der Waals surface area contributed by atoms with Gasteiger partial charge < -0.3 is 10.1 Å². The van der Waals surface area contributed by atoms with E-state index >= 15 is 0 Å². The fourth-order valence-corrected chi connectivity index (χ4v) is 3.28. The van der Waals surface area contributed by atoms with E-state index in [-0.39, 0.29) is 12.5 Å². The predicted molar refractivity (Wildman–Crippen MR) is 99.0 cm³/mol. The van der Waals surface area contributed by atoms with Gasteiger partial charge in [0.2, 0.25) is 0 Å². The number of nitrogens with zero attached hydrogens (tertiary/aromatic N) is 1. The molecule has 4 nitrogen and oxygen atoms in total. The molecule has 0 unspecified atom stereocenters. The lowest BCUT2D eigenvalue weighted by atomic mass is 10.0. The number of aromatic nitrogens is 1. The number of aryl methyl sites for hydroxylation is 1. The highest BCUT2D eigenvalue weighted by Crippen LogP contribution is 2.24. The van der Waals surface area contributed by atoms with Gasteiger partial charge in [-0.1, -0.05) is 26.0 Å². The minimum atomic E-state index is -0.177. The highest BCUT2D eigenvalue weighted by atomic mass is 32.1. The SMILES string of the molecule is Cc1nc2ccc(NC(=O)COc3ccc(C(C)C)cc3)cc2s1. The number of benzene rings is 2. The molecule has 1 N–H and O–H groups in total. The van der Waals surface area contributed by atoms with Crippen LogP contribution in [0.25, 0.3) is 10.2 Å². The molecular weight excluding hydrogens is 320 g/mol. The Hall–Kier alpha value is -2.40. The maximum Gasteiger partial charge on any atom is 0.262 e. The van der Waals surface area contributed by atoms with Crippen molar-refractivity contribution in [3.05, 3.63) is 53.0 Å². The summed E-state index contributed by atoms with van der Waals surface area (Å²) in [6.45, 7) is 6.25. The Labute approximate surface area is 145 Å². The number of anilines is 1. The fourth-order valence-electron chi connectivity index (χ4n) is 2.41. The summed E-state index contributed by atoms with van der Waals surface area (Å²) in [5.41, 5.74) is 2.96. The van der Waals surface area contributed by atoms with Gasteiger partial charge in [0.05, 0.1) is 15.2 Å². The molecule has 0 spiro atoms. The average Bonchev–Trinajstić information content (AvgIpc) is 2.92. The van der Waals surface area contributed by atoms with Crippen molar-refractivity contribution >= 4 is 33.1 Å². The van der Waals surface area contributed by atoms with Crippen molar-refractivity contribution < 1.29 is 9.53 Å². The first-order valence-corrected chi connectivity index (χ1v) is 8.73. The van der Waals surface area contributed by atoms with E-state index in [1.807, 2.05) is 49.4 Å². The molecule has 1 amide bonds. The van der Waals surface area contributed by atoms with Crippen molar-refractivity contribution in [2.45, 2.75) is 26.7 Å². The van der Waals surface area contributed by atoms with E-state index < -0.39 is 0 Å².